The molecule has 0 fully saturated rings. The maximum absolute atomic E-state index is 13.5. The van der Waals surface area contributed by atoms with E-state index in [0.29, 0.717) is 28.8 Å². The molecule has 0 aliphatic carbocycles. The number of hydrogen-bond donors (Lipinski definition) is 2. The summed E-state index contributed by atoms with van der Waals surface area (Å²) in [7, 11) is 1.63. The third-order valence-corrected chi connectivity index (χ3v) is 5.79. The molecule has 0 radical (unpaired) electrons. The van der Waals surface area contributed by atoms with Gasteiger partial charge in [-0.05, 0) is 42.8 Å². The van der Waals surface area contributed by atoms with E-state index in [1.165, 1.54) is 0 Å². The number of hydrogen-bond acceptors (Lipinski definition) is 4. The summed E-state index contributed by atoms with van der Waals surface area (Å²) in [6, 6.07) is 27.4. The van der Waals surface area contributed by atoms with E-state index < -0.39 is 0 Å². The van der Waals surface area contributed by atoms with Crippen LogP contribution in [-0.2, 0) is 6.54 Å². The summed E-state index contributed by atoms with van der Waals surface area (Å²) >= 11 is 0. The number of rotatable bonds is 6. The number of nitrogens with one attached hydrogen (secondary N) is 2. The number of aromatic nitrogens is 3. The molecule has 0 aliphatic heterocycles. The fraction of sp³-hybridized carbons (Fsp3) is 0.107. The van der Waals surface area contributed by atoms with Crippen molar-refractivity contribution < 1.29 is 9.53 Å². The minimum Gasteiger partial charge on any atom is -0.497 e. The molecule has 3 aromatic carbocycles. The Kier molecular flexibility index (Phi) is 5.79. The highest BCUT2D eigenvalue weighted by atomic mass is 16.5. The van der Waals surface area contributed by atoms with E-state index >= 15 is 0 Å². The molecule has 0 unspecified atom stereocenters. The third kappa shape index (κ3) is 4.26. The molecule has 1 amide bonds. The SMILES string of the molecule is COc1ccc(-c2cc(C(=O)NCc3ccccc3)c3c(-c4ccc(C)cc4)[nH]nc3n2)cc1. The smallest absolute Gasteiger partial charge is 0.252 e. The molecule has 5 aromatic rings. The van der Waals surface area contributed by atoms with Crippen molar-refractivity contribution in [3.05, 3.63) is 102 Å². The molecule has 6 nitrogen and oxygen atoms in total. The first-order valence-electron chi connectivity index (χ1n) is 11.0. The van der Waals surface area contributed by atoms with Crippen LogP contribution in [0.5, 0.6) is 5.75 Å². The highest BCUT2D eigenvalue weighted by Gasteiger charge is 2.20. The van der Waals surface area contributed by atoms with Crippen molar-refractivity contribution in [1.82, 2.24) is 20.5 Å². The van der Waals surface area contributed by atoms with Crippen molar-refractivity contribution in [2.45, 2.75) is 13.5 Å². The Morgan fingerprint density at radius 1 is 0.941 bits per heavy atom. The van der Waals surface area contributed by atoms with Crippen LogP contribution >= 0.6 is 0 Å². The molecule has 0 spiro atoms. The Hall–Kier alpha value is -4.45. The van der Waals surface area contributed by atoms with E-state index in [2.05, 4.69) is 15.5 Å². The Morgan fingerprint density at radius 2 is 1.65 bits per heavy atom. The number of H-pyrrole nitrogens is 1. The van der Waals surface area contributed by atoms with Crippen LogP contribution in [-0.4, -0.2) is 28.2 Å². The molecule has 0 aliphatic rings. The van der Waals surface area contributed by atoms with Gasteiger partial charge in [-0.2, -0.15) is 5.10 Å². The van der Waals surface area contributed by atoms with Crippen LogP contribution in [0, 0.1) is 6.92 Å². The standard InChI is InChI=1S/C28H24N4O2/c1-18-8-10-21(11-9-18)26-25-23(28(33)29-17-19-6-4-3-5-7-19)16-24(30-27(25)32-31-26)20-12-14-22(34-2)15-13-20/h3-16H,17H2,1-2H3,(H,29,33)(H,30,31,32). The van der Waals surface area contributed by atoms with E-state index in [9.17, 15) is 4.79 Å². The summed E-state index contributed by atoms with van der Waals surface area (Å²) in [5, 5.41) is 11.3. The second kappa shape index (κ2) is 9.19. The van der Waals surface area contributed by atoms with Crippen molar-refractivity contribution in [2.24, 2.45) is 0 Å². The van der Waals surface area contributed by atoms with Gasteiger partial charge in [0.15, 0.2) is 5.65 Å². The topological polar surface area (TPSA) is 79.9 Å². The first-order chi connectivity index (χ1) is 16.6. The van der Waals surface area contributed by atoms with Gasteiger partial charge in [-0.3, -0.25) is 9.89 Å². The zero-order valence-corrected chi connectivity index (χ0v) is 19.0. The van der Waals surface area contributed by atoms with Gasteiger partial charge in [0, 0.05) is 17.7 Å². The van der Waals surface area contributed by atoms with Gasteiger partial charge >= 0.3 is 0 Å². The number of aromatic amines is 1. The number of amides is 1. The lowest BCUT2D eigenvalue weighted by atomic mass is 10.0. The number of nitrogens with zero attached hydrogens (tertiary/aromatic N) is 2. The van der Waals surface area contributed by atoms with E-state index in [1.54, 1.807) is 7.11 Å². The average Bonchev–Trinajstić information content (AvgIpc) is 3.32. The van der Waals surface area contributed by atoms with Crippen molar-refractivity contribution in [1.29, 1.82) is 0 Å². The molecular formula is C28H24N4O2. The summed E-state index contributed by atoms with van der Waals surface area (Å²) < 4.78 is 5.27. The first kappa shape index (κ1) is 21.4. The number of pyridine rings is 1. The largest absolute Gasteiger partial charge is 0.497 e. The van der Waals surface area contributed by atoms with Crippen LogP contribution in [0.2, 0.25) is 0 Å². The molecule has 0 bridgehead atoms. The number of ether oxygens (including phenoxy) is 1. The van der Waals surface area contributed by atoms with Crippen LogP contribution in [0.1, 0.15) is 21.5 Å². The number of carbonyl (C=O) groups excluding carboxylic acids is 1. The van der Waals surface area contributed by atoms with Crippen LogP contribution in [0.3, 0.4) is 0 Å². The fourth-order valence-electron chi connectivity index (χ4n) is 3.92. The molecule has 2 heterocycles. The molecule has 0 atom stereocenters. The maximum atomic E-state index is 13.5. The van der Waals surface area contributed by atoms with E-state index in [0.717, 1.165) is 33.7 Å². The highest BCUT2D eigenvalue weighted by molar-refractivity contribution is 6.10. The lowest BCUT2D eigenvalue weighted by Crippen LogP contribution is -2.23. The zero-order chi connectivity index (χ0) is 23.5. The van der Waals surface area contributed by atoms with Crippen LogP contribution in [0.15, 0.2) is 84.9 Å². The second-order valence-electron chi connectivity index (χ2n) is 8.12. The Morgan fingerprint density at radius 3 is 2.35 bits per heavy atom. The number of carbonyl (C=O) groups is 1. The van der Waals surface area contributed by atoms with Crippen molar-refractivity contribution in [2.75, 3.05) is 7.11 Å². The summed E-state index contributed by atoms with van der Waals surface area (Å²) in [4.78, 5) is 18.2. The highest BCUT2D eigenvalue weighted by Crippen LogP contribution is 2.32. The molecule has 2 N–H and O–H groups in total. The first-order valence-corrected chi connectivity index (χ1v) is 11.0. The molecule has 5 rings (SSSR count). The number of fused-ring (bicyclic) bond motifs is 1. The summed E-state index contributed by atoms with van der Waals surface area (Å²) in [6.07, 6.45) is 0. The average molecular weight is 449 g/mol. The van der Waals surface area contributed by atoms with Gasteiger partial charge in [0.05, 0.1) is 29.4 Å². The maximum Gasteiger partial charge on any atom is 0.252 e. The van der Waals surface area contributed by atoms with Crippen LogP contribution in [0.25, 0.3) is 33.5 Å². The van der Waals surface area contributed by atoms with Crippen molar-refractivity contribution >= 4 is 16.9 Å². The summed E-state index contributed by atoms with van der Waals surface area (Å²) in [5.41, 5.74) is 6.47. The molecule has 0 saturated carbocycles. The van der Waals surface area contributed by atoms with E-state index in [1.807, 2.05) is 91.9 Å². The quantitative estimate of drug-likeness (QED) is 0.357. The van der Waals surface area contributed by atoms with E-state index in [4.69, 9.17) is 9.72 Å². The minimum atomic E-state index is -0.180. The summed E-state index contributed by atoms with van der Waals surface area (Å²) in [6.45, 7) is 2.47. The predicted octanol–water partition coefficient (Wildman–Crippen LogP) is 5.54. The van der Waals surface area contributed by atoms with E-state index in [-0.39, 0.29) is 5.91 Å². The van der Waals surface area contributed by atoms with Crippen LogP contribution in [0.4, 0.5) is 0 Å². The Bertz CT molecular complexity index is 1440. The predicted molar refractivity (Wildman–Crippen MR) is 134 cm³/mol. The van der Waals surface area contributed by atoms with Gasteiger partial charge in [0.2, 0.25) is 0 Å². The lowest BCUT2D eigenvalue weighted by molar-refractivity contribution is 0.0952. The Labute approximate surface area is 197 Å². The third-order valence-electron chi connectivity index (χ3n) is 5.79. The van der Waals surface area contributed by atoms with Gasteiger partial charge in [-0.15, -0.1) is 0 Å². The zero-order valence-electron chi connectivity index (χ0n) is 19.0. The molecule has 6 heteroatoms. The minimum absolute atomic E-state index is 0.180. The second-order valence-corrected chi connectivity index (χ2v) is 8.12. The molecule has 34 heavy (non-hydrogen) atoms. The molecule has 2 aromatic heterocycles. The van der Waals surface area contributed by atoms with Crippen molar-refractivity contribution in [3.8, 4) is 28.3 Å². The van der Waals surface area contributed by atoms with Gasteiger partial charge in [-0.25, -0.2) is 4.98 Å². The molecule has 168 valence electrons. The van der Waals surface area contributed by atoms with Gasteiger partial charge in [0.1, 0.15) is 5.75 Å². The number of benzene rings is 3. The van der Waals surface area contributed by atoms with Crippen molar-refractivity contribution in [3.63, 3.8) is 0 Å². The Balaban J connectivity index is 1.61. The molecular weight excluding hydrogens is 424 g/mol. The summed E-state index contributed by atoms with van der Waals surface area (Å²) in [5.74, 6) is 0.577. The normalized spacial score (nSPS) is 10.9. The molecule has 0 saturated heterocycles. The van der Waals surface area contributed by atoms with Crippen LogP contribution < -0.4 is 10.1 Å². The lowest BCUT2D eigenvalue weighted by Gasteiger charge is -2.10. The van der Waals surface area contributed by atoms with Gasteiger partial charge in [-0.1, -0.05) is 60.2 Å². The fourth-order valence-corrected chi connectivity index (χ4v) is 3.92. The van der Waals surface area contributed by atoms with Gasteiger partial charge < -0.3 is 10.1 Å². The van der Waals surface area contributed by atoms with Gasteiger partial charge in [0.25, 0.3) is 5.91 Å². The monoisotopic (exact) mass is 448 g/mol. The number of aryl methyl sites for hydroxylation is 1. The number of methoxy groups -OCH3 is 1.